The number of hydrogen-bond donors (Lipinski definition) is 0. The van der Waals surface area contributed by atoms with Crippen LogP contribution in [-0.4, -0.2) is 0 Å². The molecule has 0 bridgehead atoms. The molecule has 0 spiro atoms. The summed E-state index contributed by atoms with van der Waals surface area (Å²) in [6, 6.07) is 2.47. The van der Waals surface area contributed by atoms with Gasteiger partial charge in [0, 0.05) is 5.25 Å². The Morgan fingerprint density at radius 2 is 1.61 bits per heavy atom. The minimum Gasteiger partial charge on any atom is -0.123 e. The molecular weight excluding hydrogens is 296 g/mol. The minimum atomic E-state index is 0.541. The van der Waals surface area contributed by atoms with E-state index in [0.717, 1.165) is 0 Å². The molecule has 1 aliphatic rings. The van der Waals surface area contributed by atoms with E-state index < -0.39 is 0 Å². The van der Waals surface area contributed by atoms with Gasteiger partial charge in [-0.2, -0.15) is 0 Å². The maximum Gasteiger partial charge on any atom is 0.0318 e. The van der Waals surface area contributed by atoms with Crippen LogP contribution in [0.4, 0.5) is 0 Å². The van der Waals surface area contributed by atoms with Gasteiger partial charge in [-0.25, -0.2) is 0 Å². The van der Waals surface area contributed by atoms with Crippen molar-refractivity contribution in [2.45, 2.75) is 85.8 Å². The van der Waals surface area contributed by atoms with Crippen molar-refractivity contribution in [3.8, 4) is 0 Å². The van der Waals surface area contributed by atoms with E-state index >= 15 is 0 Å². The van der Waals surface area contributed by atoms with E-state index in [4.69, 9.17) is 0 Å². The molecule has 0 saturated heterocycles. The van der Waals surface area contributed by atoms with E-state index in [1.165, 1.54) is 22.5 Å². The van der Waals surface area contributed by atoms with E-state index in [1.54, 1.807) is 22.3 Å². The molecule has 0 fully saturated rings. The minimum absolute atomic E-state index is 0.541. The third-order valence-corrected chi connectivity index (χ3v) is 6.94. The smallest absolute Gasteiger partial charge is 0.0318 e. The standard InChI is InChI=1S/C22H34S/c1-12(2)19-10-14(5)16(7)21-18(9)23-17(8)15(6)11-20(13(3)4)22(19)21/h10,12-13,18,20H,11H2,1-9H3/b17-15-/t18-,20?/m0/s1. The van der Waals surface area contributed by atoms with Crippen LogP contribution in [0.2, 0.25) is 0 Å². The van der Waals surface area contributed by atoms with Crippen molar-refractivity contribution in [2.24, 2.45) is 5.92 Å². The lowest BCUT2D eigenvalue weighted by atomic mass is 9.74. The zero-order valence-corrected chi connectivity index (χ0v) is 17.3. The first-order valence-corrected chi connectivity index (χ1v) is 9.99. The average molecular weight is 331 g/mol. The fraction of sp³-hybridized carbons (Fsp3) is 0.636. The highest BCUT2D eigenvalue weighted by atomic mass is 32.2. The molecule has 1 heteroatoms. The first-order chi connectivity index (χ1) is 10.6. The first-order valence-electron chi connectivity index (χ1n) is 9.12. The summed E-state index contributed by atoms with van der Waals surface area (Å²) >= 11 is 2.06. The summed E-state index contributed by atoms with van der Waals surface area (Å²) in [6.07, 6.45) is 1.21. The molecule has 0 radical (unpaired) electrons. The second-order valence-electron chi connectivity index (χ2n) is 8.04. The summed E-state index contributed by atoms with van der Waals surface area (Å²) in [7, 11) is 0. The summed E-state index contributed by atoms with van der Waals surface area (Å²) in [5, 5.41) is 0.541. The lowest BCUT2D eigenvalue weighted by Gasteiger charge is -2.35. The van der Waals surface area contributed by atoms with E-state index in [0.29, 0.717) is 23.0 Å². The maximum absolute atomic E-state index is 2.47. The first kappa shape index (κ1) is 18.6. The molecule has 1 heterocycles. The highest BCUT2D eigenvalue weighted by Gasteiger charge is 2.30. The third kappa shape index (κ3) is 3.55. The second-order valence-corrected chi connectivity index (χ2v) is 9.60. The van der Waals surface area contributed by atoms with Gasteiger partial charge in [0.15, 0.2) is 0 Å². The number of fused-ring (bicyclic) bond motifs is 1. The van der Waals surface area contributed by atoms with Crippen molar-refractivity contribution < 1.29 is 0 Å². The topological polar surface area (TPSA) is 0 Å². The van der Waals surface area contributed by atoms with Crippen LogP contribution in [0.3, 0.4) is 0 Å². The fourth-order valence-electron chi connectivity index (χ4n) is 3.97. The van der Waals surface area contributed by atoms with E-state index in [9.17, 15) is 0 Å². The predicted octanol–water partition coefficient (Wildman–Crippen LogP) is 7.66. The molecule has 128 valence electrons. The van der Waals surface area contributed by atoms with Crippen molar-refractivity contribution in [3.05, 3.63) is 44.4 Å². The Balaban J connectivity index is 2.82. The Morgan fingerprint density at radius 3 is 2.13 bits per heavy atom. The van der Waals surface area contributed by atoms with Gasteiger partial charge in [0.2, 0.25) is 0 Å². The largest absolute Gasteiger partial charge is 0.123 e. The molecule has 1 unspecified atom stereocenters. The molecular formula is C22H34S. The molecule has 2 atom stereocenters. The number of benzene rings is 1. The number of hydrogen-bond acceptors (Lipinski definition) is 1. The highest BCUT2D eigenvalue weighted by molar-refractivity contribution is 8.03. The highest BCUT2D eigenvalue weighted by Crippen LogP contribution is 2.49. The normalized spacial score (nSPS) is 25.5. The van der Waals surface area contributed by atoms with Crippen LogP contribution in [0, 0.1) is 19.8 Å². The summed E-state index contributed by atoms with van der Waals surface area (Å²) in [5.74, 6) is 1.90. The van der Waals surface area contributed by atoms with Crippen molar-refractivity contribution >= 4 is 11.8 Å². The molecule has 1 aromatic carbocycles. The van der Waals surface area contributed by atoms with Crippen LogP contribution in [0.5, 0.6) is 0 Å². The lowest BCUT2D eigenvalue weighted by molar-refractivity contribution is 0.483. The van der Waals surface area contributed by atoms with Crippen LogP contribution in [0.15, 0.2) is 16.5 Å². The molecule has 0 saturated carbocycles. The van der Waals surface area contributed by atoms with Crippen LogP contribution in [0.1, 0.15) is 99.8 Å². The molecule has 23 heavy (non-hydrogen) atoms. The molecule has 0 nitrogen and oxygen atoms in total. The molecule has 1 aromatic rings. The van der Waals surface area contributed by atoms with Gasteiger partial charge < -0.3 is 0 Å². The summed E-state index contributed by atoms with van der Waals surface area (Å²) in [5.41, 5.74) is 9.44. The van der Waals surface area contributed by atoms with Crippen molar-refractivity contribution in [1.82, 2.24) is 0 Å². The molecule has 0 aromatic heterocycles. The van der Waals surface area contributed by atoms with Crippen LogP contribution >= 0.6 is 11.8 Å². The molecule has 2 rings (SSSR count). The number of allylic oxidation sites excluding steroid dienone is 2. The van der Waals surface area contributed by atoms with Crippen LogP contribution < -0.4 is 0 Å². The second kappa shape index (κ2) is 7.05. The lowest BCUT2D eigenvalue weighted by Crippen LogP contribution is -2.18. The SMILES string of the molecule is C/C1=C(\C)S[C@@H](C)c2c(C)c(C)cc(C(C)C)c2C(C(C)C)C1. The Labute approximate surface area is 148 Å². The number of rotatable bonds is 2. The molecule has 1 aliphatic heterocycles. The van der Waals surface area contributed by atoms with Gasteiger partial charge in [0.25, 0.3) is 0 Å². The number of thioether (sulfide) groups is 1. The molecule has 0 amide bonds. The fourth-order valence-corrected chi connectivity index (χ4v) is 5.21. The van der Waals surface area contributed by atoms with Crippen LogP contribution in [-0.2, 0) is 0 Å². The van der Waals surface area contributed by atoms with Crippen LogP contribution in [0.25, 0.3) is 0 Å². The van der Waals surface area contributed by atoms with Gasteiger partial charge in [-0.1, -0.05) is 39.3 Å². The summed E-state index contributed by atoms with van der Waals surface area (Å²) in [6.45, 7) is 21.2. The zero-order chi connectivity index (χ0) is 17.5. The monoisotopic (exact) mass is 330 g/mol. The van der Waals surface area contributed by atoms with Gasteiger partial charge in [-0.3, -0.25) is 0 Å². The van der Waals surface area contributed by atoms with Gasteiger partial charge in [-0.05, 0) is 91.5 Å². The quantitative estimate of drug-likeness (QED) is 0.536. The maximum atomic E-state index is 2.47. The summed E-state index contributed by atoms with van der Waals surface area (Å²) < 4.78 is 0. The van der Waals surface area contributed by atoms with Gasteiger partial charge in [0.1, 0.15) is 0 Å². The zero-order valence-electron chi connectivity index (χ0n) is 16.5. The molecule has 0 aliphatic carbocycles. The van der Waals surface area contributed by atoms with Crippen molar-refractivity contribution in [2.75, 3.05) is 0 Å². The Kier molecular flexibility index (Phi) is 5.72. The third-order valence-electron chi connectivity index (χ3n) is 5.65. The van der Waals surface area contributed by atoms with Gasteiger partial charge in [0.05, 0.1) is 0 Å². The Morgan fingerprint density at radius 1 is 1.00 bits per heavy atom. The van der Waals surface area contributed by atoms with Crippen molar-refractivity contribution in [3.63, 3.8) is 0 Å². The average Bonchev–Trinajstić information content (AvgIpc) is 2.44. The van der Waals surface area contributed by atoms with Gasteiger partial charge >= 0.3 is 0 Å². The van der Waals surface area contributed by atoms with E-state index in [-0.39, 0.29) is 0 Å². The predicted molar refractivity (Wildman–Crippen MR) is 107 cm³/mol. The van der Waals surface area contributed by atoms with E-state index in [1.807, 2.05) is 0 Å². The van der Waals surface area contributed by atoms with Gasteiger partial charge in [-0.15, -0.1) is 11.8 Å². The Bertz CT molecular complexity index is 619. The van der Waals surface area contributed by atoms with Crippen molar-refractivity contribution in [1.29, 1.82) is 0 Å². The Hall–Kier alpha value is -0.690. The summed E-state index contributed by atoms with van der Waals surface area (Å²) in [4.78, 5) is 1.53. The molecule has 0 N–H and O–H groups in total. The van der Waals surface area contributed by atoms with E-state index in [2.05, 4.69) is 80.1 Å². The number of aryl methyl sites for hydroxylation is 1.